The molecule has 1 atom stereocenters. The summed E-state index contributed by atoms with van der Waals surface area (Å²) in [4.78, 5) is 32.8. The fraction of sp³-hybridized carbons (Fsp3) is 0.944. The van der Waals surface area contributed by atoms with Crippen molar-refractivity contribution in [2.75, 3.05) is 20.0 Å². The van der Waals surface area contributed by atoms with Gasteiger partial charge < -0.3 is 33.5 Å². The number of phosphoric ester groups is 1. The third-order valence-electron chi connectivity index (χ3n) is 4.10. The average Bonchev–Trinajstić information content (AvgIpc) is 2.61. The van der Waals surface area contributed by atoms with Gasteiger partial charge in [-0.15, -0.1) is 0 Å². The summed E-state index contributed by atoms with van der Waals surface area (Å²) in [5, 5.41) is 8.61. The predicted molar refractivity (Wildman–Crippen MR) is 97.6 cm³/mol. The van der Waals surface area contributed by atoms with E-state index in [0.717, 1.165) is 19.3 Å². The van der Waals surface area contributed by atoms with Gasteiger partial charge in [0.1, 0.15) is 12.9 Å². The van der Waals surface area contributed by atoms with Crippen molar-refractivity contribution in [3.05, 3.63) is 0 Å². The van der Waals surface area contributed by atoms with Crippen molar-refractivity contribution in [1.82, 2.24) is 0 Å². The fourth-order valence-electron chi connectivity index (χ4n) is 2.65. The molecule has 0 amide bonds. The Kier molecular flexibility index (Phi) is 29.2. The summed E-state index contributed by atoms with van der Waals surface area (Å²) in [6, 6.07) is 0. The molecule has 0 spiro atoms. The van der Waals surface area contributed by atoms with Crippen LogP contribution < -0.4 is 68.9 Å². The van der Waals surface area contributed by atoms with Crippen LogP contribution in [-0.4, -0.2) is 37.2 Å². The van der Waals surface area contributed by atoms with E-state index in [1.165, 1.54) is 44.9 Å². The zero-order valence-corrected chi connectivity index (χ0v) is 23.3. The minimum Gasteiger partial charge on any atom is -0.790 e. The van der Waals surface area contributed by atoms with E-state index in [2.05, 4.69) is 16.2 Å². The molecule has 0 aromatic rings. The van der Waals surface area contributed by atoms with Gasteiger partial charge in [0.25, 0.3) is 0 Å². The molecule has 0 aromatic carbocycles. The van der Waals surface area contributed by atoms with Crippen LogP contribution in [0.1, 0.15) is 84.0 Å². The Hall–Kier alpha value is 1.50. The summed E-state index contributed by atoms with van der Waals surface area (Å²) >= 11 is 0. The van der Waals surface area contributed by atoms with Gasteiger partial charge in [-0.05, 0) is 6.42 Å². The van der Waals surface area contributed by atoms with E-state index >= 15 is 0 Å². The molecule has 0 saturated heterocycles. The third kappa shape index (κ3) is 27.5. The Bertz CT molecular complexity index is 409. The second kappa shape index (κ2) is 24.1. The van der Waals surface area contributed by atoms with Crippen molar-refractivity contribution in [3.63, 3.8) is 0 Å². The van der Waals surface area contributed by atoms with Crippen molar-refractivity contribution in [1.29, 1.82) is 0 Å². The second-order valence-electron chi connectivity index (χ2n) is 6.64. The van der Waals surface area contributed by atoms with Crippen LogP contribution in [0, 0.1) is 0 Å². The molecule has 0 aliphatic rings. The molecule has 0 unspecified atom stereocenters. The zero-order valence-electron chi connectivity index (χ0n) is 18.4. The van der Waals surface area contributed by atoms with Gasteiger partial charge in [-0.3, -0.25) is 4.79 Å². The molecule has 0 rings (SSSR count). The Morgan fingerprint density at radius 1 is 0.897 bits per heavy atom. The minimum atomic E-state index is -5.15. The van der Waals surface area contributed by atoms with Gasteiger partial charge in [-0.25, -0.2) is 0 Å². The van der Waals surface area contributed by atoms with Gasteiger partial charge in [0.2, 0.25) is 0 Å². The molecule has 1 N–H and O–H groups in total. The largest absolute Gasteiger partial charge is 1.00 e. The summed E-state index contributed by atoms with van der Waals surface area (Å²) in [5.41, 5.74) is 0. The van der Waals surface area contributed by atoms with Crippen LogP contribution in [-0.2, 0) is 23.4 Å². The number of phosphoric acid groups is 1. The number of hydrogen-bond acceptors (Lipinski definition) is 8. The monoisotopic (exact) mass is 456 g/mol. The Morgan fingerprint density at radius 3 is 1.83 bits per heavy atom. The first-order valence-corrected chi connectivity index (χ1v) is 11.4. The molecule has 162 valence electrons. The van der Waals surface area contributed by atoms with Crippen molar-refractivity contribution in [2.45, 2.75) is 90.1 Å². The quantitative estimate of drug-likeness (QED) is 0.0695. The Labute approximate surface area is 219 Å². The number of aliphatic hydroxyl groups excluding tert-OH is 1. The summed E-state index contributed by atoms with van der Waals surface area (Å²) in [6.45, 7) is 0.734. The standard InChI is InChI=1S/C18H37O8P.2Na/c1-2-3-4-5-6-7-8-9-10-11-12-13-18(20)26-17(14-24-16-19)15-25-27(21,22)23;;/h17,19H,2-16H2,1H3,(H2,21,22,23);;/q;2*+1/p-2/t17-;;/m0../s1. The third-order valence-corrected chi connectivity index (χ3v) is 4.56. The normalized spacial score (nSPS) is 12.0. The van der Waals surface area contributed by atoms with Crippen molar-refractivity contribution in [3.8, 4) is 0 Å². The van der Waals surface area contributed by atoms with Crippen LogP contribution in [0.3, 0.4) is 0 Å². The van der Waals surface area contributed by atoms with E-state index in [0.29, 0.717) is 6.42 Å². The first kappa shape index (κ1) is 35.1. The maximum absolute atomic E-state index is 11.8. The van der Waals surface area contributed by atoms with E-state index in [1.807, 2.05) is 0 Å². The van der Waals surface area contributed by atoms with Crippen LogP contribution in [0.4, 0.5) is 0 Å². The number of aliphatic hydroxyl groups is 1. The van der Waals surface area contributed by atoms with Crippen molar-refractivity contribution >= 4 is 13.8 Å². The summed E-state index contributed by atoms with van der Waals surface area (Å²) in [7, 11) is -5.15. The van der Waals surface area contributed by atoms with Crippen molar-refractivity contribution < 1.29 is 97.4 Å². The minimum absolute atomic E-state index is 0. The maximum Gasteiger partial charge on any atom is 1.00 e. The second-order valence-corrected chi connectivity index (χ2v) is 7.79. The number of carbonyl (C=O) groups excluding carboxylic acids is 1. The molecular weight excluding hydrogens is 421 g/mol. The first-order chi connectivity index (χ1) is 12.9. The first-order valence-electron chi connectivity index (χ1n) is 9.93. The number of carbonyl (C=O) groups is 1. The summed E-state index contributed by atoms with van der Waals surface area (Å²) < 4.78 is 24.3. The van der Waals surface area contributed by atoms with Gasteiger partial charge in [-0.2, -0.15) is 0 Å². The van der Waals surface area contributed by atoms with E-state index in [4.69, 9.17) is 9.84 Å². The van der Waals surface area contributed by atoms with Crippen LogP contribution in [0.5, 0.6) is 0 Å². The van der Waals surface area contributed by atoms with Gasteiger partial charge in [-0.1, -0.05) is 71.1 Å². The van der Waals surface area contributed by atoms with Crippen molar-refractivity contribution in [2.24, 2.45) is 0 Å². The molecule has 11 heteroatoms. The fourth-order valence-corrected chi connectivity index (χ4v) is 3.00. The smallest absolute Gasteiger partial charge is 0.790 e. The zero-order chi connectivity index (χ0) is 20.4. The average molecular weight is 456 g/mol. The van der Waals surface area contributed by atoms with Gasteiger partial charge in [0.15, 0.2) is 0 Å². The maximum atomic E-state index is 11.8. The summed E-state index contributed by atoms with van der Waals surface area (Å²) in [5.74, 6) is -0.507. The Balaban J connectivity index is -0.00000338. The SMILES string of the molecule is CCCCCCCCCCCCCC(=O)O[C@@H](COCO)COP(=O)([O-])[O-].[Na+].[Na+]. The van der Waals surface area contributed by atoms with Crippen LogP contribution in [0.2, 0.25) is 0 Å². The Morgan fingerprint density at radius 2 is 1.38 bits per heavy atom. The molecule has 0 aromatic heterocycles. The molecule has 0 radical (unpaired) electrons. The molecule has 0 bridgehead atoms. The molecule has 0 aliphatic heterocycles. The molecule has 29 heavy (non-hydrogen) atoms. The van der Waals surface area contributed by atoms with Gasteiger partial charge in [0, 0.05) is 6.42 Å². The molecule has 0 fully saturated rings. The van der Waals surface area contributed by atoms with Crippen LogP contribution in [0.15, 0.2) is 0 Å². The van der Waals surface area contributed by atoms with Gasteiger partial charge in [0.05, 0.1) is 21.0 Å². The molecule has 0 aliphatic carbocycles. The van der Waals surface area contributed by atoms with E-state index in [9.17, 15) is 19.1 Å². The predicted octanol–water partition coefficient (Wildman–Crippen LogP) is -3.58. The van der Waals surface area contributed by atoms with Crippen LogP contribution in [0.25, 0.3) is 0 Å². The summed E-state index contributed by atoms with van der Waals surface area (Å²) in [6.07, 6.45) is 12.0. The molecular formula is C18H35Na2O8P. The number of unbranched alkanes of at least 4 members (excludes halogenated alkanes) is 10. The van der Waals surface area contributed by atoms with Gasteiger partial charge >= 0.3 is 65.1 Å². The van der Waals surface area contributed by atoms with Crippen LogP contribution >= 0.6 is 7.82 Å². The number of ether oxygens (including phenoxy) is 2. The van der Waals surface area contributed by atoms with E-state index < -0.39 is 33.3 Å². The molecule has 8 nitrogen and oxygen atoms in total. The molecule has 0 heterocycles. The topological polar surface area (TPSA) is 128 Å². The number of hydrogen-bond donors (Lipinski definition) is 1. The molecule has 0 saturated carbocycles. The van der Waals surface area contributed by atoms with E-state index in [-0.39, 0.29) is 72.1 Å². The van der Waals surface area contributed by atoms with E-state index in [1.54, 1.807) is 0 Å². The number of esters is 1. The number of rotatable bonds is 19.